The zero-order valence-corrected chi connectivity index (χ0v) is 11.8. The summed E-state index contributed by atoms with van der Waals surface area (Å²) in [6.45, 7) is 1.78. The van der Waals surface area contributed by atoms with Crippen molar-refractivity contribution in [3.63, 3.8) is 0 Å². The molecule has 2 nitrogen and oxygen atoms in total. The van der Waals surface area contributed by atoms with E-state index in [1.54, 1.807) is 24.8 Å². The van der Waals surface area contributed by atoms with E-state index in [0.29, 0.717) is 10.2 Å². The number of rotatable bonds is 2. The highest BCUT2D eigenvalue weighted by Gasteiger charge is 2.23. The van der Waals surface area contributed by atoms with Gasteiger partial charge in [-0.2, -0.15) is 0 Å². The van der Waals surface area contributed by atoms with E-state index in [4.69, 9.17) is 0 Å². The highest BCUT2D eigenvalue weighted by atomic mass is 79.9. The summed E-state index contributed by atoms with van der Waals surface area (Å²) in [5.41, 5.74) is 1.41. The molecule has 0 aromatic heterocycles. The second-order valence-corrected chi connectivity index (χ2v) is 6.24. The van der Waals surface area contributed by atoms with Crippen LogP contribution in [0.3, 0.4) is 0 Å². The number of carbonyl (C=O) groups excluding carboxylic acids is 1. The minimum absolute atomic E-state index is 0.0223. The number of carbonyl (C=O) groups is 1. The molecule has 92 valence electrons. The van der Waals surface area contributed by atoms with E-state index in [9.17, 15) is 9.18 Å². The number of hydrogen-bond donors (Lipinski definition) is 1. The summed E-state index contributed by atoms with van der Waals surface area (Å²) in [6.07, 6.45) is 2.02. The molecular weight excluding hydrogens is 305 g/mol. The predicted molar refractivity (Wildman–Crippen MR) is 72.9 cm³/mol. The number of thioether (sulfide) groups is 1. The molecule has 0 spiro atoms. The van der Waals surface area contributed by atoms with Crippen molar-refractivity contribution >= 4 is 39.3 Å². The highest BCUT2D eigenvalue weighted by Crippen LogP contribution is 2.29. The molecule has 5 heteroatoms. The second-order valence-electron chi connectivity index (χ2n) is 4.07. The van der Waals surface area contributed by atoms with E-state index in [2.05, 4.69) is 21.2 Å². The molecule has 2 rings (SSSR count). The van der Waals surface area contributed by atoms with Gasteiger partial charge in [0.25, 0.3) is 0 Å². The standard InChI is InChI=1S/C12H13BrFNOS/c1-7-5-9(14)8(13)6-10(7)15-12(16)11-3-2-4-17-11/h5-6,11H,2-4H2,1H3,(H,15,16). The van der Waals surface area contributed by atoms with Crippen LogP contribution in [0.1, 0.15) is 18.4 Å². The van der Waals surface area contributed by atoms with Gasteiger partial charge in [-0.05, 0) is 59.1 Å². The van der Waals surface area contributed by atoms with Crippen LogP contribution in [0.2, 0.25) is 0 Å². The van der Waals surface area contributed by atoms with Gasteiger partial charge in [-0.15, -0.1) is 11.8 Å². The lowest BCUT2D eigenvalue weighted by Gasteiger charge is -2.12. The molecule has 1 atom stereocenters. The highest BCUT2D eigenvalue weighted by molar-refractivity contribution is 9.10. The Bertz CT molecular complexity index is 446. The summed E-state index contributed by atoms with van der Waals surface area (Å²) >= 11 is 4.81. The van der Waals surface area contributed by atoms with Gasteiger partial charge in [0, 0.05) is 5.69 Å². The number of halogens is 2. The van der Waals surface area contributed by atoms with Crippen molar-refractivity contribution in [2.45, 2.75) is 25.0 Å². The summed E-state index contributed by atoms with van der Waals surface area (Å²) in [6, 6.07) is 3.03. The van der Waals surface area contributed by atoms with Crippen LogP contribution in [0.15, 0.2) is 16.6 Å². The molecule has 17 heavy (non-hydrogen) atoms. The molecule has 1 N–H and O–H groups in total. The lowest BCUT2D eigenvalue weighted by Crippen LogP contribution is -2.23. The first-order valence-corrected chi connectivity index (χ1v) is 7.30. The van der Waals surface area contributed by atoms with Gasteiger partial charge in [-0.3, -0.25) is 4.79 Å². The van der Waals surface area contributed by atoms with Crippen molar-refractivity contribution in [1.82, 2.24) is 0 Å². The van der Waals surface area contributed by atoms with E-state index in [1.807, 2.05) is 0 Å². The van der Waals surface area contributed by atoms with Crippen molar-refractivity contribution in [2.24, 2.45) is 0 Å². The quantitative estimate of drug-likeness (QED) is 0.900. The fourth-order valence-electron chi connectivity index (χ4n) is 1.78. The SMILES string of the molecule is Cc1cc(F)c(Br)cc1NC(=O)C1CCCS1. The number of amides is 1. The average Bonchev–Trinajstić information content (AvgIpc) is 2.79. The van der Waals surface area contributed by atoms with Crippen LogP contribution in [-0.2, 0) is 4.79 Å². The zero-order chi connectivity index (χ0) is 12.4. The van der Waals surface area contributed by atoms with Crippen LogP contribution in [0.5, 0.6) is 0 Å². The van der Waals surface area contributed by atoms with E-state index in [0.717, 1.165) is 24.2 Å². The van der Waals surface area contributed by atoms with Crippen LogP contribution in [0.25, 0.3) is 0 Å². The van der Waals surface area contributed by atoms with E-state index < -0.39 is 0 Å². The third kappa shape index (κ3) is 3.01. The fraction of sp³-hybridized carbons (Fsp3) is 0.417. The zero-order valence-electron chi connectivity index (χ0n) is 9.43. The Morgan fingerprint density at radius 2 is 2.35 bits per heavy atom. The van der Waals surface area contributed by atoms with Crippen molar-refractivity contribution in [2.75, 3.05) is 11.1 Å². The lowest BCUT2D eigenvalue weighted by atomic mass is 10.2. The van der Waals surface area contributed by atoms with Gasteiger partial charge in [-0.1, -0.05) is 0 Å². The number of hydrogen-bond acceptors (Lipinski definition) is 2. The van der Waals surface area contributed by atoms with Crippen molar-refractivity contribution < 1.29 is 9.18 Å². The van der Waals surface area contributed by atoms with Crippen molar-refractivity contribution in [3.8, 4) is 0 Å². The molecule has 1 amide bonds. The summed E-state index contributed by atoms with van der Waals surface area (Å²) in [7, 11) is 0. The maximum Gasteiger partial charge on any atom is 0.237 e. The first kappa shape index (κ1) is 12.9. The molecule has 0 radical (unpaired) electrons. The van der Waals surface area contributed by atoms with Crippen LogP contribution >= 0.6 is 27.7 Å². The number of aryl methyl sites for hydroxylation is 1. The molecule has 0 bridgehead atoms. The van der Waals surface area contributed by atoms with E-state index in [-0.39, 0.29) is 17.0 Å². The fourth-order valence-corrected chi connectivity index (χ4v) is 3.28. The first-order valence-electron chi connectivity index (χ1n) is 5.46. The minimum atomic E-state index is -0.309. The Kier molecular flexibility index (Phi) is 4.09. The van der Waals surface area contributed by atoms with Crippen molar-refractivity contribution in [3.05, 3.63) is 28.0 Å². The maximum atomic E-state index is 13.2. The van der Waals surface area contributed by atoms with Crippen molar-refractivity contribution in [1.29, 1.82) is 0 Å². The summed E-state index contributed by atoms with van der Waals surface area (Å²) < 4.78 is 13.6. The topological polar surface area (TPSA) is 29.1 Å². The summed E-state index contributed by atoms with van der Waals surface area (Å²) in [4.78, 5) is 11.9. The average molecular weight is 318 g/mol. The molecule has 0 saturated carbocycles. The molecule has 0 aliphatic carbocycles. The summed E-state index contributed by atoms with van der Waals surface area (Å²) in [5.74, 6) is 0.759. The van der Waals surface area contributed by atoms with E-state index >= 15 is 0 Å². The monoisotopic (exact) mass is 317 g/mol. The molecule has 1 saturated heterocycles. The van der Waals surface area contributed by atoms with Gasteiger partial charge < -0.3 is 5.32 Å². The number of anilines is 1. The van der Waals surface area contributed by atoms with Gasteiger partial charge in [0.15, 0.2) is 0 Å². The molecule has 1 heterocycles. The Balaban J connectivity index is 2.12. The molecule has 1 aliphatic heterocycles. The van der Waals surface area contributed by atoms with Gasteiger partial charge in [0.2, 0.25) is 5.91 Å². The van der Waals surface area contributed by atoms with Crippen LogP contribution < -0.4 is 5.32 Å². The van der Waals surface area contributed by atoms with Crippen LogP contribution in [-0.4, -0.2) is 16.9 Å². The third-order valence-corrected chi connectivity index (χ3v) is 4.73. The van der Waals surface area contributed by atoms with Gasteiger partial charge >= 0.3 is 0 Å². The first-order chi connectivity index (χ1) is 8.08. The molecule has 1 aliphatic rings. The Labute approximate surface area is 112 Å². The molecule has 1 fully saturated rings. The predicted octanol–water partition coefficient (Wildman–Crippen LogP) is 3.73. The summed E-state index contributed by atoms with van der Waals surface area (Å²) in [5, 5.41) is 2.90. The smallest absolute Gasteiger partial charge is 0.237 e. The number of benzene rings is 1. The Morgan fingerprint density at radius 3 is 3.00 bits per heavy atom. The van der Waals surface area contributed by atoms with E-state index in [1.165, 1.54) is 6.07 Å². The minimum Gasteiger partial charge on any atom is -0.325 e. The maximum absolute atomic E-state index is 13.2. The van der Waals surface area contributed by atoms with Gasteiger partial charge in [-0.25, -0.2) is 4.39 Å². The largest absolute Gasteiger partial charge is 0.325 e. The van der Waals surface area contributed by atoms with Gasteiger partial charge in [0.05, 0.1) is 9.72 Å². The second kappa shape index (κ2) is 5.40. The normalized spacial score (nSPS) is 19.4. The Hall–Kier alpha value is -0.550. The van der Waals surface area contributed by atoms with Gasteiger partial charge in [0.1, 0.15) is 5.82 Å². The third-order valence-electron chi connectivity index (χ3n) is 2.75. The van der Waals surface area contributed by atoms with Crippen LogP contribution in [0, 0.1) is 12.7 Å². The molecule has 1 unspecified atom stereocenters. The Morgan fingerprint density at radius 1 is 1.59 bits per heavy atom. The molecule has 1 aromatic rings. The lowest BCUT2D eigenvalue weighted by molar-refractivity contribution is -0.115. The molecule has 1 aromatic carbocycles. The molecular formula is C12H13BrFNOS. The van der Waals surface area contributed by atoms with Crippen LogP contribution in [0.4, 0.5) is 10.1 Å². The number of nitrogens with one attached hydrogen (secondary N) is 1.